The molecule has 2 aromatic rings. The van der Waals surface area contributed by atoms with E-state index in [1.165, 1.54) is 0 Å². The van der Waals surface area contributed by atoms with Gasteiger partial charge in [0.2, 0.25) is 0 Å². The number of nitrogens with one attached hydrogen (secondary N) is 1. The number of urea groups is 1. The third-order valence-corrected chi connectivity index (χ3v) is 3.92. The van der Waals surface area contributed by atoms with Crippen molar-refractivity contribution in [2.75, 3.05) is 13.1 Å². The number of aromatic nitrogens is 1. The highest BCUT2D eigenvalue weighted by molar-refractivity contribution is 5.74. The van der Waals surface area contributed by atoms with E-state index in [4.69, 9.17) is 4.74 Å². The lowest BCUT2D eigenvalue weighted by Gasteiger charge is -2.32. The normalized spacial score (nSPS) is 15.2. The number of hydrogen-bond donors (Lipinski definition) is 1. The number of carbonyl (C=O) groups is 1. The molecule has 2 heterocycles. The molecule has 1 aliphatic rings. The monoisotopic (exact) mass is 311 g/mol. The molecule has 5 heteroatoms. The van der Waals surface area contributed by atoms with Crippen molar-refractivity contribution in [2.24, 2.45) is 0 Å². The summed E-state index contributed by atoms with van der Waals surface area (Å²) < 4.78 is 5.94. The Morgan fingerprint density at radius 1 is 1.13 bits per heavy atom. The van der Waals surface area contributed by atoms with Crippen molar-refractivity contribution < 1.29 is 9.53 Å². The van der Waals surface area contributed by atoms with Gasteiger partial charge in [0.15, 0.2) is 0 Å². The number of para-hydroxylation sites is 1. The van der Waals surface area contributed by atoms with Crippen molar-refractivity contribution in [3.63, 3.8) is 0 Å². The van der Waals surface area contributed by atoms with Crippen LogP contribution in [0.15, 0.2) is 54.7 Å². The van der Waals surface area contributed by atoms with Gasteiger partial charge in [-0.15, -0.1) is 0 Å². The molecule has 1 aromatic heterocycles. The lowest BCUT2D eigenvalue weighted by atomic mass is 10.1. The van der Waals surface area contributed by atoms with Crippen LogP contribution in [-0.2, 0) is 6.54 Å². The molecule has 23 heavy (non-hydrogen) atoms. The summed E-state index contributed by atoms with van der Waals surface area (Å²) in [5.74, 6) is 0.894. The minimum absolute atomic E-state index is 0.0335. The van der Waals surface area contributed by atoms with Crippen molar-refractivity contribution in [2.45, 2.75) is 25.5 Å². The van der Waals surface area contributed by atoms with Gasteiger partial charge in [-0.1, -0.05) is 24.3 Å². The lowest BCUT2D eigenvalue weighted by Crippen LogP contribution is -2.46. The molecular weight excluding hydrogens is 290 g/mol. The summed E-state index contributed by atoms with van der Waals surface area (Å²) >= 11 is 0. The quantitative estimate of drug-likeness (QED) is 0.944. The highest BCUT2D eigenvalue weighted by atomic mass is 16.5. The van der Waals surface area contributed by atoms with Gasteiger partial charge >= 0.3 is 6.03 Å². The first-order valence-corrected chi connectivity index (χ1v) is 7.95. The Balaban J connectivity index is 1.42. The number of carbonyl (C=O) groups excluding carboxylic acids is 1. The summed E-state index contributed by atoms with van der Waals surface area (Å²) in [7, 11) is 0. The molecule has 5 nitrogen and oxygen atoms in total. The molecule has 1 fully saturated rings. The molecule has 120 valence electrons. The van der Waals surface area contributed by atoms with Gasteiger partial charge in [-0.3, -0.25) is 4.98 Å². The number of amides is 2. The van der Waals surface area contributed by atoms with E-state index < -0.39 is 0 Å². The van der Waals surface area contributed by atoms with E-state index in [1.54, 1.807) is 6.20 Å². The maximum atomic E-state index is 12.2. The van der Waals surface area contributed by atoms with Gasteiger partial charge in [0, 0.05) is 32.1 Å². The molecule has 1 N–H and O–H groups in total. The summed E-state index contributed by atoms with van der Waals surface area (Å²) in [5.41, 5.74) is 0.864. The first kappa shape index (κ1) is 15.3. The predicted octanol–water partition coefficient (Wildman–Crippen LogP) is 2.83. The Bertz CT molecular complexity index is 611. The van der Waals surface area contributed by atoms with Gasteiger partial charge in [0.05, 0.1) is 12.2 Å². The van der Waals surface area contributed by atoms with Crippen LogP contribution < -0.4 is 10.1 Å². The van der Waals surface area contributed by atoms with Crippen LogP contribution in [0.1, 0.15) is 18.5 Å². The number of nitrogens with zero attached hydrogens (tertiary/aromatic N) is 2. The zero-order valence-corrected chi connectivity index (χ0v) is 13.0. The number of pyridine rings is 1. The van der Waals surface area contributed by atoms with E-state index in [0.717, 1.165) is 24.3 Å². The number of piperidine rings is 1. The topological polar surface area (TPSA) is 54.5 Å². The molecule has 0 bridgehead atoms. The number of benzene rings is 1. The smallest absolute Gasteiger partial charge is 0.317 e. The third-order valence-electron chi connectivity index (χ3n) is 3.92. The molecule has 1 aromatic carbocycles. The first-order chi connectivity index (χ1) is 11.3. The molecule has 1 aliphatic heterocycles. The average molecular weight is 311 g/mol. The van der Waals surface area contributed by atoms with Crippen molar-refractivity contribution in [3.05, 3.63) is 60.4 Å². The molecule has 1 saturated heterocycles. The molecule has 0 aliphatic carbocycles. The highest BCUT2D eigenvalue weighted by Gasteiger charge is 2.23. The van der Waals surface area contributed by atoms with E-state index >= 15 is 0 Å². The van der Waals surface area contributed by atoms with Gasteiger partial charge < -0.3 is 15.0 Å². The van der Waals surface area contributed by atoms with Crippen LogP contribution in [0.25, 0.3) is 0 Å². The van der Waals surface area contributed by atoms with Crippen molar-refractivity contribution in [1.29, 1.82) is 0 Å². The van der Waals surface area contributed by atoms with Crippen molar-refractivity contribution in [3.8, 4) is 5.75 Å². The molecule has 0 spiro atoms. The van der Waals surface area contributed by atoms with E-state index in [9.17, 15) is 4.79 Å². The molecule has 0 atom stereocenters. The molecule has 0 saturated carbocycles. The molecular formula is C18H21N3O2. The molecule has 0 unspecified atom stereocenters. The minimum Gasteiger partial charge on any atom is -0.490 e. The summed E-state index contributed by atoms with van der Waals surface area (Å²) in [6.45, 7) is 1.89. The minimum atomic E-state index is -0.0335. The van der Waals surface area contributed by atoms with Gasteiger partial charge in [-0.25, -0.2) is 4.79 Å². The van der Waals surface area contributed by atoms with Crippen LogP contribution in [-0.4, -0.2) is 35.1 Å². The number of rotatable bonds is 4. The lowest BCUT2D eigenvalue weighted by molar-refractivity contribution is 0.111. The van der Waals surface area contributed by atoms with Gasteiger partial charge in [0.1, 0.15) is 11.9 Å². The maximum Gasteiger partial charge on any atom is 0.317 e. The second-order valence-corrected chi connectivity index (χ2v) is 5.60. The first-order valence-electron chi connectivity index (χ1n) is 7.95. The number of hydrogen-bond acceptors (Lipinski definition) is 3. The maximum absolute atomic E-state index is 12.2. The summed E-state index contributed by atoms with van der Waals surface area (Å²) in [6.07, 6.45) is 3.61. The molecule has 3 rings (SSSR count). The Morgan fingerprint density at radius 3 is 2.57 bits per heavy atom. The Hall–Kier alpha value is -2.56. The fourth-order valence-electron chi connectivity index (χ4n) is 2.65. The Morgan fingerprint density at radius 2 is 1.87 bits per heavy atom. The SMILES string of the molecule is O=C(NCc1ccccn1)N1CCC(Oc2ccccc2)CC1. The van der Waals surface area contributed by atoms with Gasteiger partial charge in [-0.05, 0) is 24.3 Å². The fraction of sp³-hybridized carbons (Fsp3) is 0.333. The van der Waals surface area contributed by atoms with E-state index in [1.807, 2.05) is 53.4 Å². The standard InChI is InChI=1S/C18H21N3O2/c22-18(20-14-15-6-4-5-11-19-15)21-12-9-17(10-13-21)23-16-7-2-1-3-8-16/h1-8,11,17H,9-10,12-14H2,(H,20,22). The summed E-state index contributed by atoms with van der Waals surface area (Å²) in [5, 5.41) is 2.92. The second kappa shape index (κ2) is 7.63. The van der Waals surface area contributed by atoms with Crippen molar-refractivity contribution >= 4 is 6.03 Å². The Kier molecular flexibility index (Phi) is 5.09. The van der Waals surface area contributed by atoms with Crippen molar-refractivity contribution in [1.82, 2.24) is 15.2 Å². The van der Waals surface area contributed by atoms with Crippen LogP contribution in [0, 0.1) is 0 Å². The van der Waals surface area contributed by atoms with Crippen LogP contribution in [0.4, 0.5) is 4.79 Å². The number of ether oxygens (including phenoxy) is 1. The fourth-order valence-corrected chi connectivity index (χ4v) is 2.65. The van der Waals surface area contributed by atoms with E-state index in [2.05, 4.69) is 10.3 Å². The highest BCUT2D eigenvalue weighted by Crippen LogP contribution is 2.18. The largest absolute Gasteiger partial charge is 0.490 e. The van der Waals surface area contributed by atoms with E-state index in [-0.39, 0.29) is 12.1 Å². The van der Waals surface area contributed by atoms with E-state index in [0.29, 0.717) is 19.6 Å². The van der Waals surface area contributed by atoms with Crippen LogP contribution in [0.2, 0.25) is 0 Å². The molecule has 2 amide bonds. The van der Waals surface area contributed by atoms with Gasteiger partial charge in [0.25, 0.3) is 0 Å². The van der Waals surface area contributed by atoms with Crippen LogP contribution in [0.3, 0.4) is 0 Å². The molecule has 0 radical (unpaired) electrons. The third kappa shape index (κ3) is 4.45. The predicted molar refractivity (Wildman–Crippen MR) is 88.1 cm³/mol. The van der Waals surface area contributed by atoms with Gasteiger partial charge in [-0.2, -0.15) is 0 Å². The summed E-state index contributed by atoms with van der Waals surface area (Å²) in [6, 6.07) is 15.5. The van der Waals surface area contributed by atoms with Crippen LogP contribution in [0.5, 0.6) is 5.75 Å². The average Bonchev–Trinajstić information content (AvgIpc) is 2.62. The zero-order chi connectivity index (χ0) is 15.9. The van der Waals surface area contributed by atoms with Crippen LogP contribution >= 0.6 is 0 Å². The number of likely N-dealkylation sites (tertiary alicyclic amines) is 1. The Labute approximate surface area is 136 Å². The second-order valence-electron chi connectivity index (χ2n) is 5.60. The zero-order valence-electron chi connectivity index (χ0n) is 13.0. The summed E-state index contributed by atoms with van der Waals surface area (Å²) in [4.78, 5) is 18.2.